The molecule has 5 nitrogen and oxygen atoms in total. The van der Waals surface area contributed by atoms with E-state index in [9.17, 15) is 9.59 Å². The number of benzene rings is 2. The van der Waals surface area contributed by atoms with Crippen molar-refractivity contribution in [1.29, 1.82) is 0 Å². The molecule has 104 valence electrons. The van der Waals surface area contributed by atoms with Crippen LogP contribution in [-0.2, 0) is 4.79 Å². The highest BCUT2D eigenvalue weighted by Gasteiger charge is 2.21. The van der Waals surface area contributed by atoms with Gasteiger partial charge in [-0.2, -0.15) is 0 Å². The van der Waals surface area contributed by atoms with Crippen molar-refractivity contribution in [2.75, 3.05) is 0 Å². The van der Waals surface area contributed by atoms with Crippen LogP contribution < -0.4 is 11.3 Å². The maximum absolute atomic E-state index is 12.6. The summed E-state index contributed by atoms with van der Waals surface area (Å²) in [6.07, 6.45) is 1.37. The van der Waals surface area contributed by atoms with Gasteiger partial charge in [0, 0.05) is 0 Å². The zero-order chi connectivity index (χ0) is 14.8. The van der Waals surface area contributed by atoms with Crippen LogP contribution in [0.5, 0.6) is 0 Å². The van der Waals surface area contributed by atoms with Crippen LogP contribution in [0.2, 0.25) is 0 Å². The first-order chi connectivity index (χ1) is 10.2. The maximum Gasteiger partial charge on any atom is 0.262 e. The molecule has 0 saturated carbocycles. The van der Waals surface area contributed by atoms with Crippen LogP contribution in [0.1, 0.15) is 11.6 Å². The Morgan fingerprint density at radius 1 is 1.05 bits per heavy atom. The van der Waals surface area contributed by atoms with Crippen LogP contribution in [-0.4, -0.2) is 15.5 Å². The molecule has 0 aliphatic heterocycles. The molecule has 21 heavy (non-hydrogen) atoms. The average molecular weight is 279 g/mol. The number of aromatic nitrogens is 2. The van der Waals surface area contributed by atoms with Gasteiger partial charge >= 0.3 is 0 Å². The summed E-state index contributed by atoms with van der Waals surface area (Å²) in [5, 5.41) is 0.460. The van der Waals surface area contributed by atoms with Crippen molar-refractivity contribution < 1.29 is 4.79 Å². The molecule has 0 saturated heterocycles. The highest BCUT2D eigenvalue weighted by molar-refractivity contribution is 5.83. The number of rotatable bonds is 3. The first-order valence-electron chi connectivity index (χ1n) is 6.48. The summed E-state index contributed by atoms with van der Waals surface area (Å²) in [6, 6.07) is 15.1. The zero-order valence-electron chi connectivity index (χ0n) is 11.1. The van der Waals surface area contributed by atoms with E-state index < -0.39 is 11.9 Å². The van der Waals surface area contributed by atoms with Crippen LogP contribution in [0.4, 0.5) is 0 Å². The minimum Gasteiger partial charge on any atom is -0.368 e. The Labute approximate surface area is 120 Å². The Morgan fingerprint density at radius 3 is 2.43 bits per heavy atom. The van der Waals surface area contributed by atoms with E-state index in [1.807, 2.05) is 12.1 Å². The van der Waals surface area contributed by atoms with Crippen LogP contribution in [0.15, 0.2) is 65.7 Å². The lowest BCUT2D eigenvalue weighted by Crippen LogP contribution is -2.34. The molecule has 1 heterocycles. The molecule has 0 aliphatic carbocycles. The number of carbonyl (C=O) groups is 1. The number of nitrogens with zero attached hydrogens (tertiary/aromatic N) is 2. The molecule has 0 bridgehead atoms. The summed E-state index contributed by atoms with van der Waals surface area (Å²) >= 11 is 0. The Morgan fingerprint density at radius 2 is 1.71 bits per heavy atom. The van der Waals surface area contributed by atoms with Gasteiger partial charge in [-0.3, -0.25) is 14.2 Å². The third-order valence-corrected chi connectivity index (χ3v) is 3.35. The highest BCUT2D eigenvalue weighted by Crippen LogP contribution is 2.17. The number of para-hydroxylation sites is 1. The molecule has 0 fully saturated rings. The number of hydrogen-bond donors (Lipinski definition) is 1. The van der Waals surface area contributed by atoms with Gasteiger partial charge in [0.1, 0.15) is 6.04 Å². The van der Waals surface area contributed by atoms with Crippen LogP contribution in [0.25, 0.3) is 10.9 Å². The fraction of sp³-hybridized carbons (Fsp3) is 0.0625. The lowest BCUT2D eigenvalue weighted by atomic mass is 10.1. The maximum atomic E-state index is 12.6. The quantitative estimate of drug-likeness (QED) is 0.788. The van der Waals surface area contributed by atoms with Gasteiger partial charge < -0.3 is 5.73 Å². The molecule has 1 atom stereocenters. The summed E-state index contributed by atoms with van der Waals surface area (Å²) in [5.41, 5.74) is 6.45. The monoisotopic (exact) mass is 279 g/mol. The standard InChI is InChI=1S/C16H13N3O2/c17-15(20)14(11-6-2-1-3-7-11)19-10-18-13-9-5-4-8-12(13)16(19)21/h1-10,14H,(H2,17,20)/t14-/m1/s1. The second kappa shape index (κ2) is 5.20. The molecule has 2 aromatic carbocycles. The predicted octanol–water partition coefficient (Wildman–Crippen LogP) is 1.47. The number of nitrogens with two attached hydrogens (primary N) is 1. The molecule has 3 rings (SSSR count). The Balaban J connectivity index is 2.24. The molecule has 2 N–H and O–H groups in total. The first-order valence-corrected chi connectivity index (χ1v) is 6.48. The molecule has 1 aromatic heterocycles. The van der Waals surface area contributed by atoms with Crippen molar-refractivity contribution in [3.8, 4) is 0 Å². The molecule has 0 spiro atoms. The lowest BCUT2D eigenvalue weighted by molar-refractivity contribution is -0.120. The van der Waals surface area contributed by atoms with E-state index in [0.29, 0.717) is 16.5 Å². The summed E-state index contributed by atoms with van der Waals surface area (Å²) in [6.45, 7) is 0. The van der Waals surface area contributed by atoms with Crippen LogP contribution in [0, 0.1) is 0 Å². The molecule has 0 unspecified atom stereocenters. The molecule has 3 aromatic rings. The van der Waals surface area contributed by atoms with Crippen molar-refractivity contribution >= 4 is 16.8 Å². The fourth-order valence-corrected chi connectivity index (χ4v) is 2.36. The Hall–Kier alpha value is -2.95. The lowest BCUT2D eigenvalue weighted by Gasteiger charge is -2.17. The van der Waals surface area contributed by atoms with Gasteiger partial charge in [-0.15, -0.1) is 0 Å². The van der Waals surface area contributed by atoms with Gasteiger partial charge in [-0.1, -0.05) is 42.5 Å². The van der Waals surface area contributed by atoms with E-state index in [2.05, 4.69) is 4.98 Å². The molecule has 1 amide bonds. The smallest absolute Gasteiger partial charge is 0.262 e. The molecular formula is C16H13N3O2. The summed E-state index contributed by atoms with van der Waals surface area (Å²) in [5.74, 6) is -0.597. The van der Waals surface area contributed by atoms with Crippen molar-refractivity contribution in [3.05, 3.63) is 76.8 Å². The largest absolute Gasteiger partial charge is 0.368 e. The Kier molecular flexibility index (Phi) is 3.23. The van der Waals surface area contributed by atoms with Crippen molar-refractivity contribution in [3.63, 3.8) is 0 Å². The van der Waals surface area contributed by atoms with Crippen molar-refractivity contribution in [2.24, 2.45) is 5.73 Å². The molecular weight excluding hydrogens is 266 g/mol. The fourth-order valence-electron chi connectivity index (χ4n) is 2.36. The molecule has 0 radical (unpaired) electrons. The summed E-state index contributed by atoms with van der Waals surface area (Å²) in [7, 11) is 0. The average Bonchev–Trinajstić information content (AvgIpc) is 2.51. The van der Waals surface area contributed by atoms with Gasteiger partial charge in [-0.25, -0.2) is 4.98 Å². The minimum absolute atomic E-state index is 0.284. The van der Waals surface area contributed by atoms with Crippen LogP contribution >= 0.6 is 0 Å². The van der Waals surface area contributed by atoms with E-state index >= 15 is 0 Å². The number of fused-ring (bicyclic) bond motifs is 1. The summed E-state index contributed by atoms with van der Waals surface area (Å²) in [4.78, 5) is 28.6. The van der Waals surface area contributed by atoms with Crippen LogP contribution in [0.3, 0.4) is 0 Å². The third-order valence-electron chi connectivity index (χ3n) is 3.35. The molecule has 5 heteroatoms. The van der Waals surface area contributed by atoms with Gasteiger partial charge in [0.15, 0.2) is 0 Å². The van der Waals surface area contributed by atoms with Gasteiger partial charge in [0.25, 0.3) is 5.56 Å². The highest BCUT2D eigenvalue weighted by atomic mass is 16.2. The first kappa shape index (κ1) is 13.1. The van der Waals surface area contributed by atoms with E-state index in [1.165, 1.54) is 10.9 Å². The SMILES string of the molecule is NC(=O)[C@@H](c1ccccc1)n1cnc2ccccc2c1=O. The van der Waals surface area contributed by atoms with E-state index in [-0.39, 0.29) is 5.56 Å². The minimum atomic E-state index is -0.865. The number of hydrogen-bond acceptors (Lipinski definition) is 3. The van der Waals surface area contributed by atoms with E-state index in [4.69, 9.17) is 5.73 Å². The second-order valence-corrected chi connectivity index (χ2v) is 4.69. The Bertz CT molecular complexity index is 856. The zero-order valence-corrected chi connectivity index (χ0v) is 11.1. The number of amides is 1. The normalized spacial score (nSPS) is 12.2. The second-order valence-electron chi connectivity index (χ2n) is 4.69. The van der Waals surface area contributed by atoms with E-state index in [0.717, 1.165) is 0 Å². The van der Waals surface area contributed by atoms with Gasteiger partial charge in [0.05, 0.1) is 17.2 Å². The van der Waals surface area contributed by atoms with E-state index in [1.54, 1.807) is 42.5 Å². The van der Waals surface area contributed by atoms with Crippen molar-refractivity contribution in [1.82, 2.24) is 9.55 Å². The summed E-state index contributed by atoms with van der Waals surface area (Å²) < 4.78 is 1.28. The number of carbonyl (C=O) groups excluding carboxylic acids is 1. The van der Waals surface area contributed by atoms with Gasteiger partial charge in [-0.05, 0) is 17.7 Å². The topological polar surface area (TPSA) is 78.0 Å². The van der Waals surface area contributed by atoms with Gasteiger partial charge in [0.2, 0.25) is 5.91 Å². The molecule has 0 aliphatic rings. The third kappa shape index (κ3) is 2.29. The number of primary amides is 1. The van der Waals surface area contributed by atoms with Crippen molar-refractivity contribution in [2.45, 2.75) is 6.04 Å². The predicted molar refractivity (Wildman–Crippen MR) is 79.8 cm³/mol.